The number of aromatic amines is 1. The standard InChI is InChI=1S/C7H8N4O/c8-7(12)5-3-9-1-4-2-10-11-6(4)5/h2-3,9H,1H2,(H2,8,12)(H,10,11). The van der Waals surface area contributed by atoms with Gasteiger partial charge in [0, 0.05) is 18.3 Å². The lowest BCUT2D eigenvalue weighted by Gasteiger charge is -2.11. The SMILES string of the molecule is NC(=O)C1=CNCc2cn[nH]c21. The summed E-state index contributed by atoms with van der Waals surface area (Å²) in [5, 5.41) is 9.49. The molecule has 2 heterocycles. The molecule has 1 aliphatic heterocycles. The molecule has 62 valence electrons. The Hall–Kier alpha value is -1.78. The van der Waals surface area contributed by atoms with E-state index in [-0.39, 0.29) is 0 Å². The largest absolute Gasteiger partial charge is 0.386 e. The van der Waals surface area contributed by atoms with Gasteiger partial charge in [-0.2, -0.15) is 5.10 Å². The fourth-order valence-corrected chi connectivity index (χ4v) is 1.21. The molecule has 0 aromatic carbocycles. The third kappa shape index (κ3) is 0.868. The van der Waals surface area contributed by atoms with E-state index in [0.29, 0.717) is 12.1 Å². The Morgan fingerprint density at radius 3 is 3.25 bits per heavy atom. The van der Waals surface area contributed by atoms with Crippen LogP contribution >= 0.6 is 0 Å². The van der Waals surface area contributed by atoms with Gasteiger partial charge in [-0.1, -0.05) is 0 Å². The van der Waals surface area contributed by atoms with Crippen LogP contribution in [0.1, 0.15) is 11.3 Å². The molecule has 4 N–H and O–H groups in total. The molecule has 1 amide bonds. The topological polar surface area (TPSA) is 83.8 Å². The number of aromatic nitrogens is 2. The van der Waals surface area contributed by atoms with Crippen LogP contribution in [0.3, 0.4) is 0 Å². The molecule has 0 spiro atoms. The van der Waals surface area contributed by atoms with Crippen LogP contribution in [-0.4, -0.2) is 16.1 Å². The Morgan fingerprint density at radius 2 is 2.50 bits per heavy atom. The molecule has 12 heavy (non-hydrogen) atoms. The molecule has 1 aromatic heterocycles. The predicted molar refractivity (Wildman–Crippen MR) is 42.6 cm³/mol. The Labute approximate surface area is 68.6 Å². The van der Waals surface area contributed by atoms with Crippen molar-refractivity contribution in [3.8, 4) is 0 Å². The highest BCUT2D eigenvalue weighted by Crippen LogP contribution is 2.18. The molecule has 1 aromatic rings. The van der Waals surface area contributed by atoms with Crippen LogP contribution in [0.4, 0.5) is 0 Å². The molecule has 0 fully saturated rings. The summed E-state index contributed by atoms with van der Waals surface area (Å²) < 4.78 is 0. The number of carbonyl (C=O) groups is 1. The fraction of sp³-hybridized carbons (Fsp3) is 0.143. The number of primary amides is 1. The average Bonchev–Trinajstić information content (AvgIpc) is 2.49. The summed E-state index contributed by atoms with van der Waals surface area (Å²) >= 11 is 0. The van der Waals surface area contributed by atoms with Crippen LogP contribution in [0.25, 0.3) is 5.57 Å². The third-order valence-electron chi connectivity index (χ3n) is 1.79. The molecule has 1 aliphatic rings. The van der Waals surface area contributed by atoms with Crippen molar-refractivity contribution in [2.75, 3.05) is 0 Å². The first kappa shape index (κ1) is 6.90. The van der Waals surface area contributed by atoms with Crippen LogP contribution in [0, 0.1) is 0 Å². The lowest BCUT2D eigenvalue weighted by molar-refractivity contribution is -0.112. The van der Waals surface area contributed by atoms with Gasteiger partial charge in [-0.15, -0.1) is 0 Å². The maximum absolute atomic E-state index is 10.9. The number of nitrogens with one attached hydrogen (secondary N) is 2. The molecule has 5 nitrogen and oxygen atoms in total. The summed E-state index contributed by atoms with van der Waals surface area (Å²) in [5.74, 6) is -0.451. The van der Waals surface area contributed by atoms with E-state index in [1.54, 1.807) is 12.4 Å². The first-order valence-corrected chi connectivity index (χ1v) is 3.55. The minimum absolute atomic E-state index is 0.451. The summed E-state index contributed by atoms with van der Waals surface area (Å²) in [6.45, 7) is 0.683. The molecule has 5 heteroatoms. The van der Waals surface area contributed by atoms with Gasteiger partial charge >= 0.3 is 0 Å². The molecule has 0 atom stereocenters. The van der Waals surface area contributed by atoms with Crippen molar-refractivity contribution in [3.05, 3.63) is 23.7 Å². The molecular weight excluding hydrogens is 156 g/mol. The minimum Gasteiger partial charge on any atom is -0.386 e. The van der Waals surface area contributed by atoms with Gasteiger partial charge in [0.05, 0.1) is 17.5 Å². The smallest absolute Gasteiger partial charge is 0.252 e. The van der Waals surface area contributed by atoms with Gasteiger partial charge in [0.1, 0.15) is 0 Å². The second kappa shape index (κ2) is 2.37. The Bertz CT molecular complexity index is 352. The van der Waals surface area contributed by atoms with Crippen molar-refractivity contribution in [1.82, 2.24) is 15.5 Å². The molecule has 0 aliphatic carbocycles. The third-order valence-corrected chi connectivity index (χ3v) is 1.79. The summed E-state index contributed by atoms with van der Waals surface area (Å²) in [5.41, 5.74) is 7.29. The molecule has 0 unspecified atom stereocenters. The first-order chi connectivity index (χ1) is 5.79. The van der Waals surface area contributed by atoms with Crippen LogP contribution in [0.2, 0.25) is 0 Å². The number of amides is 1. The van der Waals surface area contributed by atoms with Gasteiger partial charge in [-0.05, 0) is 0 Å². The van der Waals surface area contributed by atoms with Crippen LogP contribution in [0.5, 0.6) is 0 Å². The van der Waals surface area contributed by atoms with Gasteiger partial charge in [-0.25, -0.2) is 0 Å². The number of nitrogens with two attached hydrogens (primary N) is 1. The zero-order valence-corrected chi connectivity index (χ0v) is 6.29. The molecule has 0 bridgehead atoms. The lowest BCUT2D eigenvalue weighted by Crippen LogP contribution is -2.21. The summed E-state index contributed by atoms with van der Waals surface area (Å²) in [6, 6.07) is 0. The Balaban J connectivity index is 2.50. The first-order valence-electron chi connectivity index (χ1n) is 3.55. The van der Waals surface area contributed by atoms with E-state index in [4.69, 9.17) is 5.73 Å². The zero-order chi connectivity index (χ0) is 8.55. The van der Waals surface area contributed by atoms with E-state index in [2.05, 4.69) is 15.5 Å². The maximum atomic E-state index is 10.9. The lowest BCUT2D eigenvalue weighted by atomic mass is 10.1. The zero-order valence-electron chi connectivity index (χ0n) is 6.29. The quantitative estimate of drug-likeness (QED) is 0.515. The molecule has 2 rings (SSSR count). The highest BCUT2D eigenvalue weighted by molar-refractivity contribution is 6.18. The normalized spacial score (nSPS) is 14.5. The summed E-state index contributed by atoms with van der Waals surface area (Å²) in [4.78, 5) is 10.9. The van der Waals surface area contributed by atoms with Crippen LogP contribution in [-0.2, 0) is 11.3 Å². The highest BCUT2D eigenvalue weighted by Gasteiger charge is 2.17. The molecule has 0 saturated carbocycles. The van der Waals surface area contributed by atoms with Crippen molar-refractivity contribution in [1.29, 1.82) is 0 Å². The Morgan fingerprint density at radius 1 is 1.67 bits per heavy atom. The van der Waals surface area contributed by atoms with Crippen molar-refractivity contribution >= 4 is 11.5 Å². The summed E-state index contributed by atoms with van der Waals surface area (Å²) in [7, 11) is 0. The van der Waals surface area contributed by atoms with Gasteiger partial charge in [0.25, 0.3) is 5.91 Å². The molecule has 0 saturated heterocycles. The molecule has 0 radical (unpaired) electrons. The Kier molecular flexibility index (Phi) is 1.36. The number of fused-ring (bicyclic) bond motifs is 1. The van der Waals surface area contributed by atoms with Gasteiger partial charge < -0.3 is 11.1 Å². The van der Waals surface area contributed by atoms with E-state index < -0.39 is 5.91 Å². The van der Waals surface area contributed by atoms with Gasteiger partial charge in [0.15, 0.2) is 0 Å². The van der Waals surface area contributed by atoms with Crippen molar-refractivity contribution in [2.45, 2.75) is 6.54 Å². The van der Waals surface area contributed by atoms with E-state index >= 15 is 0 Å². The summed E-state index contributed by atoms with van der Waals surface area (Å²) in [6.07, 6.45) is 3.28. The van der Waals surface area contributed by atoms with E-state index in [9.17, 15) is 4.79 Å². The number of rotatable bonds is 1. The van der Waals surface area contributed by atoms with Crippen LogP contribution in [0.15, 0.2) is 12.4 Å². The maximum Gasteiger partial charge on any atom is 0.252 e. The van der Waals surface area contributed by atoms with Crippen molar-refractivity contribution in [3.63, 3.8) is 0 Å². The van der Waals surface area contributed by atoms with Crippen LogP contribution < -0.4 is 11.1 Å². The highest BCUT2D eigenvalue weighted by atomic mass is 16.1. The molecular formula is C7H8N4O. The predicted octanol–water partition coefficient (Wildman–Crippen LogP) is -0.661. The average molecular weight is 164 g/mol. The number of hydrogen-bond acceptors (Lipinski definition) is 3. The second-order valence-electron chi connectivity index (χ2n) is 2.57. The monoisotopic (exact) mass is 164 g/mol. The van der Waals surface area contributed by atoms with Crippen molar-refractivity contribution < 1.29 is 4.79 Å². The number of H-pyrrole nitrogens is 1. The van der Waals surface area contributed by atoms with E-state index in [1.807, 2.05) is 0 Å². The van der Waals surface area contributed by atoms with Gasteiger partial charge in [0.2, 0.25) is 0 Å². The van der Waals surface area contributed by atoms with E-state index in [0.717, 1.165) is 11.3 Å². The second-order valence-corrected chi connectivity index (χ2v) is 2.57. The number of hydrogen-bond donors (Lipinski definition) is 3. The minimum atomic E-state index is -0.451. The van der Waals surface area contributed by atoms with Gasteiger partial charge in [-0.3, -0.25) is 9.89 Å². The fourth-order valence-electron chi connectivity index (χ4n) is 1.21. The number of nitrogens with zero attached hydrogens (tertiary/aromatic N) is 1. The number of carbonyl (C=O) groups excluding carboxylic acids is 1. The van der Waals surface area contributed by atoms with Crippen molar-refractivity contribution in [2.24, 2.45) is 5.73 Å². The van der Waals surface area contributed by atoms with E-state index in [1.165, 1.54) is 0 Å².